The van der Waals surface area contributed by atoms with Gasteiger partial charge in [0.05, 0.1) is 0 Å². The van der Waals surface area contributed by atoms with E-state index in [1.165, 1.54) is 25.7 Å². The van der Waals surface area contributed by atoms with E-state index in [0.29, 0.717) is 6.54 Å². The zero-order chi connectivity index (χ0) is 11.5. The minimum absolute atomic E-state index is 0.199. The summed E-state index contributed by atoms with van der Waals surface area (Å²) in [6.45, 7) is 2.84. The third-order valence-electron chi connectivity index (χ3n) is 2.19. The van der Waals surface area contributed by atoms with Crippen LogP contribution in [0.15, 0.2) is 0 Å². The van der Waals surface area contributed by atoms with Crippen LogP contribution in [-0.4, -0.2) is 18.4 Å². The second-order valence-corrected chi connectivity index (χ2v) is 3.76. The van der Waals surface area contributed by atoms with Crippen molar-refractivity contribution in [1.29, 1.82) is 0 Å². The first-order valence-electron chi connectivity index (χ1n) is 5.71. The summed E-state index contributed by atoms with van der Waals surface area (Å²) < 4.78 is 0. The third kappa shape index (κ3) is 10.9. The molecule has 4 heteroatoms. The van der Waals surface area contributed by atoms with E-state index in [2.05, 4.69) is 12.2 Å². The van der Waals surface area contributed by atoms with Gasteiger partial charge in [-0.25, -0.2) is 0 Å². The molecule has 0 aliphatic rings. The van der Waals surface area contributed by atoms with E-state index in [4.69, 9.17) is 5.73 Å². The van der Waals surface area contributed by atoms with Gasteiger partial charge in [-0.15, -0.1) is 0 Å². The molecule has 0 bridgehead atoms. The molecule has 88 valence electrons. The molecule has 4 nitrogen and oxygen atoms in total. The number of primary amides is 1. The van der Waals surface area contributed by atoms with Crippen LogP contribution in [0.1, 0.15) is 51.9 Å². The van der Waals surface area contributed by atoms with Crippen molar-refractivity contribution in [3.8, 4) is 0 Å². The Morgan fingerprint density at radius 3 is 2.27 bits per heavy atom. The first-order valence-corrected chi connectivity index (χ1v) is 5.71. The molecular weight excluding hydrogens is 192 g/mol. The summed E-state index contributed by atoms with van der Waals surface area (Å²) in [5.41, 5.74) is 4.88. The lowest BCUT2D eigenvalue weighted by Crippen LogP contribution is -2.29. The van der Waals surface area contributed by atoms with Crippen LogP contribution >= 0.6 is 0 Å². The lowest BCUT2D eigenvalue weighted by Gasteiger charge is -2.03. The molecule has 2 amide bonds. The van der Waals surface area contributed by atoms with Gasteiger partial charge in [0.2, 0.25) is 11.8 Å². The minimum Gasteiger partial charge on any atom is -0.369 e. The van der Waals surface area contributed by atoms with E-state index in [9.17, 15) is 9.59 Å². The number of amides is 2. The highest BCUT2D eigenvalue weighted by Crippen LogP contribution is 2.03. The molecule has 3 N–H and O–H groups in total. The maximum atomic E-state index is 11.0. The van der Waals surface area contributed by atoms with Crippen molar-refractivity contribution in [3.63, 3.8) is 0 Å². The molecule has 0 heterocycles. The Hall–Kier alpha value is -1.06. The van der Waals surface area contributed by atoms with Crippen LogP contribution < -0.4 is 11.1 Å². The van der Waals surface area contributed by atoms with Crippen LogP contribution in [0.3, 0.4) is 0 Å². The van der Waals surface area contributed by atoms with Crippen molar-refractivity contribution in [2.75, 3.05) is 6.54 Å². The van der Waals surface area contributed by atoms with Crippen LogP contribution in [0, 0.1) is 0 Å². The zero-order valence-electron chi connectivity index (χ0n) is 9.55. The molecule has 0 aliphatic carbocycles. The molecule has 0 unspecified atom stereocenters. The van der Waals surface area contributed by atoms with Crippen molar-refractivity contribution in [3.05, 3.63) is 0 Å². The van der Waals surface area contributed by atoms with Crippen LogP contribution in [-0.2, 0) is 9.59 Å². The number of hydrogen-bond acceptors (Lipinski definition) is 2. The van der Waals surface area contributed by atoms with E-state index in [-0.39, 0.29) is 12.3 Å². The zero-order valence-corrected chi connectivity index (χ0v) is 9.55. The average molecular weight is 214 g/mol. The van der Waals surface area contributed by atoms with Crippen molar-refractivity contribution < 1.29 is 9.59 Å². The first-order chi connectivity index (χ1) is 7.16. The normalized spacial score (nSPS) is 9.93. The predicted molar refractivity (Wildman–Crippen MR) is 60.2 cm³/mol. The largest absolute Gasteiger partial charge is 0.369 e. The second-order valence-electron chi connectivity index (χ2n) is 3.76. The number of nitrogens with two attached hydrogens (primary N) is 1. The molecule has 0 aromatic rings. The number of carbonyl (C=O) groups excluding carboxylic acids is 2. The van der Waals surface area contributed by atoms with Gasteiger partial charge in [0.25, 0.3) is 0 Å². The maximum Gasteiger partial charge on any atom is 0.229 e. The molecule has 15 heavy (non-hydrogen) atoms. The predicted octanol–water partition coefficient (Wildman–Crippen LogP) is 1.34. The van der Waals surface area contributed by atoms with Crippen LogP contribution in [0.4, 0.5) is 0 Å². The first kappa shape index (κ1) is 13.9. The quantitative estimate of drug-likeness (QED) is 0.449. The fraction of sp³-hybridized carbons (Fsp3) is 0.818. The highest BCUT2D eigenvalue weighted by molar-refractivity contribution is 5.95. The van der Waals surface area contributed by atoms with E-state index in [1.807, 2.05) is 0 Å². The molecule has 0 aromatic carbocycles. The summed E-state index contributed by atoms with van der Waals surface area (Å²) in [5, 5.41) is 2.67. The van der Waals surface area contributed by atoms with Gasteiger partial charge < -0.3 is 11.1 Å². The number of carbonyl (C=O) groups is 2. The van der Waals surface area contributed by atoms with E-state index >= 15 is 0 Å². The highest BCUT2D eigenvalue weighted by atomic mass is 16.2. The highest BCUT2D eigenvalue weighted by Gasteiger charge is 2.03. The second kappa shape index (κ2) is 9.49. The van der Waals surface area contributed by atoms with Crippen molar-refractivity contribution in [2.24, 2.45) is 5.73 Å². The van der Waals surface area contributed by atoms with Gasteiger partial charge in [-0.3, -0.25) is 9.59 Å². The molecule has 0 spiro atoms. The fourth-order valence-electron chi connectivity index (χ4n) is 1.35. The molecule has 0 aromatic heterocycles. The molecule has 0 radical (unpaired) electrons. The van der Waals surface area contributed by atoms with Gasteiger partial charge in [-0.05, 0) is 6.42 Å². The van der Waals surface area contributed by atoms with E-state index in [1.54, 1.807) is 0 Å². The molecule has 0 rings (SSSR count). The van der Waals surface area contributed by atoms with Gasteiger partial charge >= 0.3 is 0 Å². The summed E-state index contributed by atoms with van der Waals surface area (Å²) >= 11 is 0. The summed E-state index contributed by atoms with van der Waals surface area (Å²) in [6, 6.07) is 0. The molecule has 0 fully saturated rings. The average Bonchev–Trinajstić information content (AvgIpc) is 2.15. The van der Waals surface area contributed by atoms with Crippen LogP contribution in [0.5, 0.6) is 0 Å². The third-order valence-corrected chi connectivity index (χ3v) is 2.19. The Morgan fingerprint density at radius 2 is 1.67 bits per heavy atom. The van der Waals surface area contributed by atoms with Crippen molar-refractivity contribution >= 4 is 11.8 Å². The van der Waals surface area contributed by atoms with Crippen LogP contribution in [0.25, 0.3) is 0 Å². The lowest BCUT2D eigenvalue weighted by molar-refractivity contribution is -0.127. The summed E-state index contributed by atoms with van der Waals surface area (Å²) in [7, 11) is 0. The standard InChI is InChI=1S/C11H22N2O2/c1-2-3-4-5-6-7-8-13-11(15)9-10(12)14/h2-9H2,1H3,(H2,12,14)(H,13,15). The van der Waals surface area contributed by atoms with Gasteiger partial charge in [0, 0.05) is 6.54 Å². The van der Waals surface area contributed by atoms with Gasteiger partial charge in [-0.1, -0.05) is 39.0 Å². The lowest BCUT2D eigenvalue weighted by atomic mass is 10.1. The minimum atomic E-state index is -0.574. The Bertz CT molecular complexity index is 193. The summed E-state index contributed by atoms with van der Waals surface area (Å²) in [4.78, 5) is 21.4. The number of nitrogens with one attached hydrogen (secondary N) is 1. The fourth-order valence-corrected chi connectivity index (χ4v) is 1.35. The Labute approximate surface area is 91.6 Å². The summed E-state index contributed by atoms with van der Waals surface area (Å²) in [5.74, 6) is -0.841. The topological polar surface area (TPSA) is 72.2 Å². The summed E-state index contributed by atoms with van der Waals surface area (Å²) in [6.07, 6.45) is 6.94. The Morgan fingerprint density at radius 1 is 1.07 bits per heavy atom. The van der Waals surface area contributed by atoms with E-state index in [0.717, 1.165) is 12.8 Å². The Balaban J connectivity index is 3.16. The van der Waals surface area contributed by atoms with Crippen molar-refractivity contribution in [1.82, 2.24) is 5.32 Å². The monoisotopic (exact) mass is 214 g/mol. The van der Waals surface area contributed by atoms with Crippen LogP contribution in [0.2, 0.25) is 0 Å². The smallest absolute Gasteiger partial charge is 0.229 e. The number of unbranched alkanes of at least 4 members (excludes halogenated alkanes) is 5. The molecule has 0 aliphatic heterocycles. The van der Waals surface area contributed by atoms with Gasteiger partial charge in [-0.2, -0.15) is 0 Å². The van der Waals surface area contributed by atoms with Gasteiger partial charge in [0.15, 0.2) is 0 Å². The number of rotatable bonds is 9. The maximum absolute atomic E-state index is 11.0. The molecule has 0 atom stereocenters. The molecule has 0 saturated carbocycles. The van der Waals surface area contributed by atoms with Gasteiger partial charge in [0.1, 0.15) is 6.42 Å². The Kier molecular flexibility index (Phi) is 8.82. The number of hydrogen-bond donors (Lipinski definition) is 2. The molecular formula is C11H22N2O2. The van der Waals surface area contributed by atoms with E-state index < -0.39 is 5.91 Å². The SMILES string of the molecule is CCCCCCCCNC(=O)CC(N)=O. The molecule has 0 saturated heterocycles. The van der Waals surface area contributed by atoms with Crippen molar-refractivity contribution in [2.45, 2.75) is 51.9 Å².